The van der Waals surface area contributed by atoms with Crippen LogP contribution >= 0.6 is 23.2 Å². The van der Waals surface area contributed by atoms with Crippen molar-refractivity contribution in [2.75, 3.05) is 0 Å². The molecule has 6 heteroatoms. The number of hydrogen-bond acceptors (Lipinski definition) is 4. The number of Topliss-reactive ketones (excluding diaryl/α,β-unsaturated/α-hetero) is 1. The van der Waals surface area contributed by atoms with Crippen molar-refractivity contribution in [2.45, 2.75) is 25.6 Å². The number of rotatable bonds is 4. The Morgan fingerprint density at radius 1 is 1.12 bits per heavy atom. The van der Waals surface area contributed by atoms with Crippen LogP contribution < -0.4 is 4.74 Å². The Labute approximate surface area is 149 Å². The average molecular weight is 365 g/mol. The summed E-state index contributed by atoms with van der Waals surface area (Å²) < 4.78 is 10.8. The topological polar surface area (TPSA) is 52.6 Å². The van der Waals surface area contributed by atoms with Crippen molar-refractivity contribution in [1.29, 1.82) is 0 Å². The minimum absolute atomic E-state index is 0.293. The third-order valence-corrected chi connectivity index (χ3v) is 4.24. The minimum Gasteiger partial charge on any atom is -0.478 e. The van der Waals surface area contributed by atoms with Gasteiger partial charge in [0.1, 0.15) is 5.75 Å². The number of hydrogen-bond donors (Lipinski definition) is 0. The summed E-state index contributed by atoms with van der Waals surface area (Å²) in [4.78, 5) is 24.5. The number of ketones is 1. The maximum atomic E-state index is 12.3. The van der Waals surface area contributed by atoms with Crippen molar-refractivity contribution in [2.24, 2.45) is 0 Å². The van der Waals surface area contributed by atoms with Crippen molar-refractivity contribution in [3.05, 3.63) is 63.6 Å². The van der Waals surface area contributed by atoms with Crippen LogP contribution in [-0.4, -0.2) is 24.0 Å². The third kappa shape index (κ3) is 3.55. The lowest BCUT2D eigenvalue weighted by Gasteiger charge is -2.15. The molecule has 0 radical (unpaired) electrons. The largest absolute Gasteiger partial charge is 0.478 e. The molecule has 24 heavy (non-hydrogen) atoms. The fourth-order valence-electron chi connectivity index (χ4n) is 2.50. The first-order valence-corrected chi connectivity index (χ1v) is 8.15. The van der Waals surface area contributed by atoms with E-state index < -0.39 is 18.2 Å². The van der Waals surface area contributed by atoms with E-state index in [4.69, 9.17) is 32.7 Å². The monoisotopic (exact) mass is 364 g/mol. The first-order valence-electron chi connectivity index (χ1n) is 7.39. The summed E-state index contributed by atoms with van der Waals surface area (Å²) in [5, 5.41) is 1.12. The number of carbonyl (C=O) groups excluding carboxylic acids is 2. The quantitative estimate of drug-likeness (QED) is 0.604. The fourth-order valence-corrected chi connectivity index (χ4v) is 2.82. The second-order valence-electron chi connectivity index (χ2n) is 5.51. The maximum absolute atomic E-state index is 12.3. The van der Waals surface area contributed by atoms with E-state index in [2.05, 4.69) is 0 Å². The summed E-state index contributed by atoms with van der Waals surface area (Å²) >= 11 is 11.7. The molecular formula is C18H14Cl2O4. The SMILES string of the molecule is C[C@H](OC(=O)[C@@H]1Cc2cc(Cl)ccc2O1)C(=O)c1ccc(Cl)cc1. The zero-order valence-corrected chi connectivity index (χ0v) is 14.3. The van der Waals surface area contributed by atoms with Gasteiger partial charge in [0.25, 0.3) is 0 Å². The number of ether oxygens (including phenoxy) is 2. The standard InChI is InChI=1S/C18H14Cl2O4/c1-10(17(21)11-2-4-13(19)5-3-11)23-18(22)16-9-12-8-14(20)6-7-15(12)24-16/h2-8,10,16H,9H2,1H3/t10-,16-/m0/s1. The van der Waals surface area contributed by atoms with Crippen LogP contribution in [0.5, 0.6) is 5.75 Å². The van der Waals surface area contributed by atoms with Gasteiger partial charge in [-0.25, -0.2) is 4.79 Å². The molecule has 1 heterocycles. The van der Waals surface area contributed by atoms with Crippen LogP contribution in [0.3, 0.4) is 0 Å². The molecule has 4 nitrogen and oxygen atoms in total. The van der Waals surface area contributed by atoms with Gasteiger partial charge in [-0.15, -0.1) is 0 Å². The lowest BCUT2D eigenvalue weighted by molar-refractivity contribution is -0.153. The van der Waals surface area contributed by atoms with E-state index in [1.165, 1.54) is 6.92 Å². The van der Waals surface area contributed by atoms with Gasteiger partial charge in [-0.3, -0.25) is 4.79 Å². The highest BCUT2D eigenvalue weighted by Gasteiger charge is 2.32. The van der Waals surface area contributed by atoms with Gasteiger partial charge in [0.15, 0.2) is 12.2 Å². The number of fused-ring (bicyclic) bond motifs is 1. The van der Waals surface area contributed by atoms with Gasteiger partial charge in [-0.1, -0.05) is 23.2 Å². The Bertz CT molecular complexity index is 786. The molecule has 1 aliphatic rings. The van der Waals surface area contributed by atoms with Gasteiger partial charge in [0.05, 0.1) is 0 Å². The van der Waals surface area contributed by atoms with Crippen LogP contribution in [-0.2, 0) is 16.0 Å². The van der Waals surface area contributed by atoms with E-state index >= 15 is 0 Å². The molecule has 2 aromatic carbocycles. The molecule has 0 saturated carbocycles. The van der Waals surface area contributed by atoms with E-state index in [1.807, 2.05) is 0 Å². The van der Waals surface area contributed by atoms with Crippen LogP contribution in [0, 0.1) is 0 Å². The molecule has 0 aliphatic carbocycles. The van der Waals surface area contributed by atoms with Crippen molar-refractivity contribution in [3.63, 3.8) is 0 Å². The van der Waals surface area contributed by atoms with E-state index in [9.17, 15) is 9.59 Å². The molecule has 0 aromatic heterocycles. The number of esters is 1. The fraction of sp³-hybridized carbons (Fsp3) is 0.222. The van der Waals surface area contributed by atoms with Crippen LogP contribution in [0.25, 0.3) is 0 Å². The van der Waals surface area contributed by atoms with Gasteiger partial charge >= 0.3 is 5.97 Å². The van der Waals surface area contributed by atoms with E-state index in [1.54, 1.807) is 42.5 Å². The highest BCUT2D eigenvalue weighted by atomic mass is 35.5. The van der Waals surface area contributed by atoms with E-state index in [0.717, 1.165) is 5.56 Å². The third-order valence-electron chi connectivity index (χ3n) is 3.75. The van der Waals surface area contributed by atoms with Crippen LogP contribution in [0.1, 0.15) is 22.8 Å². The molecular weight excluding hydrogens is 351 g/mol. The van der Waals surface area contributed by atoms with Crippen molar-refractivity contribution < 1.29 is 19.1 Å². The number of halogens is 2. The molecule has 0 saturated heterocycles. The first-order chi connectivity index (χ1) is 11.4. The predicted molar refractivity (Wildman–Crippen MR) is 90.9 cm³/mol. The smallest absolute Gasteiger partial charge is 0.348 e. The Balaban J connectivity index is 1.63. The molecule has 2 aromatic rings. The van der Waals surface area contributed by atoms with Gasteiger partial charge in [0, 0.05) is 22.0 Å². The highest BCUT2D eigenvalue weighted by Crippen LogP contribution is 2.31. The lowest BCUT2D eigenvalue weighted by atomic mass is 10.1. The lowest BCUT2D eigenvalue weighted by Crippen LogP contribution is -2.33. The van der Waals surface area contributed by atoms with Crippen molar-refractivity contribution in [1.82, 2.24) is 0 Å². The Hall–Kier alpha value is -2.04. The molecule has 2 atom stereocenters. The minimum atomic E-state index is -0.908. The van der Waals surface area contributed by atoms with E-state index in [0.29, 0.717) is 27.8 Å². The number of carbonyl (C=O) groups is 2. The molecule has 1 aliphatic heterocycles. The summed E-state index contributed by atoms with van der Waals surface area (Å²) in [5.74, 6) is -0.256. The second kappa shape index (κ2) is 6.83. The first kappa shape index (κ1) is 16.8. The summed E-state index contributed by atoms with van der Waals surface area (Å²) in [7, 11) is 0. The zero-order valence-electron chi connectivity index (χ0n) is 12.8. The summed E-state index contributed by atoms with van der Waals surface area (Å²) in [6.45, 7) is 1.54. The summed E-state index contributed by atoms with van der Waals surface area (Å²) in [6, 6.07) is 11.6. The van der Waals surface area contributed by atoms with Gasteiger partial charge in [-0.2, -0.15) is 0 Å². The average Bonchev–Trinajstić information content (AvgIpc) is 2.98. The van der Waals surface area contributed by atoms with Crippen molar-refractivity contribution in [3.8, 4) is 5.75 Å². The van der Waals surface area contributed by atoms with Gasteiger partial charge in [0.2, 0.25) is 5.78 Å². The summed E-state index contributed by atoms with van der Waals surface area (Å²) in [6.07, 6.45) is -1.30. The van der Waals surface area contributed by atoms with Crippen LogP contribution in [0.2, 0.25) is 10.0 Å². The van der Waals surface area contributed by atoms with Crippen LogP contribution in [0.4, 0.5) is 0 Å². The molecule has 0 bridgehead atoms. The maximum Gasteiger partial charge on any atom is 0.348 e. The van der Waals surface area contributed by atoms with E-state index in [-0.39, 0.29) is 5.78 Å². The molecule has 0 unspecified atom stereocenters. The zero-order chi connectivity index (χ0) is 17.3. The molecule has 0 amide bonds. The molecule has 3 rings (SSSR count). The Morgan fingerprint density at radius 3 is 2.50 bits per heavy atom. The summed E-state index contributed by atoms with van der Waals surface area (Å²) in [5.41, 5.74) is 1.28. The predicted octanol–water partition coefficient (Wildman–Crippen LogP) is 4.11. The number of benzene rings is 2. The molecule has 0 spiro atoms. The molecule has 124 valence electrons. The second-order valence-corrected chi connectivity index (χ2v) is 6.39. The normalized spacial score (nSPS) is 16.9. The van der Waals surface area contributed by atoms with Crippen molar-refractivity contribution >= 4 is 35.0 Å². The van der Waals surface area contributed by atoms with Gasteiger partial charge in [-0.05, 0) is 55.0 Å². The molecule has 0 fully saturated rings. The van der Waals surface area contributed by atoms with Gasteiger partial charge < -0.3 is 9.47 Å². The van der Waals surface area contributed by atoms with Crippen LogP contribution in [0.15, 0.2) is 42.5 Å². The molecule has 0 N–H and O–H groups in total. The Kier molecular flexibility index (Phi) is 4.78. The Morgan fingerprint density at radius 2 is 1.79 bits per heavy atom. The highest BCUT2D eigenvalue weighted by molar-refractivity contribution is 6.31.